The van der Waals surface area contributed by atoms with Gasteiger partial charge in [-0.25, -0.2) is 14.4 Å². The van der Waals surface area contributed by atoms with E-state index in [0.29, 0.717) is 17.7 Å². The van der Waals surface area contributed by atoms with Gasteiger partial charge < -0.3 is 24.8 Å². The molecule has 2 amide bonds. The molecule has 140 valence electrons. The van der Waals surface area contributed by atoms with E-state index < -0.39 is 24.0 Å². The Kier molecular flexibility index (Phi) is 6.60. The molecule has 2 N–H and O–H groups in total. The molecule has 0 saturated carbocycles. The molecule has 0 unspecified atom stereocenters. The Hall–Kier alpha value is -3.03. The second-order valence-corrected chi connectivity index (χ2v) is 5.48. The molecule has 26 heavy (non-hydrogen) atoms. The number of carbonyl (C=O) groups excluding carboxylic acids is 3. The summed E-state index contributed by atoms with van der Waals surface area (Å²) in [5.74, 6) is -0.633. The van der Waals surface area contributed by atoms with Gasteiger partial charge in [-0.1, -0.05) is 13.0 Å². The molecular weight excluding hydrogens is 340 g/mol. The van der Waals surface area contributed by atoms with Crippen molar-refractivity contribution in [3.63, 3.8) is 0 Å². The summed E-state index contributed by atoms with van der Waals surface area (Å²) in [5, 5.41) is 5.18. The van der Waals surface area contributed by atoms with E-state index in [9.17, 15) is 14.4 Å². The number of urea groups is 1. The Bertz CT molecular complexity index is 728. The van der Waals surface area contributed by atoms with Crippen LogP contribution in [0, 0.1) is 0 Å². The number of methoxy groups -OCH3 is 1. The number of nitrogens with one attached hydrogen (secondary N) is 2. The highest BCUT2D eigenvalue weighted by atomic mass is 16.5. The fourth-order valence-corrected chi connectivity index (χ4v) is 2.55. The summed E-state index contributed by atoms with van der Waals surface area (Å²) in [6.45, 7) is 3.46. The summed E-state index contributed by atoms with van der Waals surface area (Å²) in [4.78, 5) is 36.3. The van der Waals surface area contributed by atoms with Crippen molar-refractivity contribution < 1.29 is 28.6 Å². The highest BCUT2D eigenvalue weighted by Gasteiger charge is 2.32. The van der Waals surface area contributed by atoms with Gasteiger partial charge in [-0.15, -0.1) is 0 Å². The Morgan fingerprint density at radius 3 is 2.58 bits per heavy atom. The van der Waals surface area contributed by atoms with Crippen molar-refractivity contribution in [2.45, 2.75) is 26.3 Å². The van der Waals surface area contributed by atoms with Gasteiger partial charge in [-0.2, -0.15) is 0 Å². The summed E-state index contributed by atoms with van der Waals surface area (Å²) in [6.07, 6.45) is 0.495. The molecule has 8 heteroatoms. The highest BCUT2D eigenvalue weighted by molar-refractivity contribution is 5.95. The van der Waals surface area contributed by atoms with Crippen LogP contribution in [0.4, 0.5) is 4.79 Å². The largest absolute Gasteiger partial charge is 0.497 e. The molecular formula is C18H22N2O6. The number of carbonyl (C=O) groups is 3. The van der Waals surface area contributed by atoms with Crippen molar-refractivity contribution in [1.82, 2.24) is 10.6 Å². The van der Waals surface area contributed by atoms with Crippen LogP contribution in [0.25, 0.3) is 0 Å². The van der Waals surface area contributed by atoms with Crippen molar-refractivity contribution in [3.05, 3.63) is 41.1 Å². The fraction of sp³-hybridized carbons (Fsp3) is 0.389. The smallest absolute Gasteiger partial charge is 0.338 e. The van der Waals surface area contributed by atoms with Gasteiger partial charge in [-0.05, 0) is 31.5 Å². The minimum Gasteiger partial charge on any atom is -0.497 e. The first-order valence-electron chi connectivity index (χ1n) is 8.29. The van der Waals surface area contributed by atoms with Crippen molar-refractivity contribution in [2.24, 2.45) is 0 Å². The minimum absolute atomic E-state index is 0.198. The van der Waals surface area contributed by atoms with Gasteiger partial charge in [0.15, 0.2) is 0 Å². The number of esters is 2. The summed E-state index contributed by atoms with van der Waals surface area (Å²) < 4.78 is 15.4. The average Bonchev–Trinajstić information content (AvgIpc) is 2.65. The van der Waals surface area contributed by atoms with Crippen molar-refractivity contribution in [1.29, 1.82) is 0 Å². The lowest BCUT2D eigenvalue weighted by molar-refractivity contribution is -0.139. The molecule has 0 fully saturated rings. The van der Waals surface area contributed by atoms with Gasteiger partial charge >= 0.3 is 18.0 Å². The number of hydrogen-bond acceptors (Lipinski definition) is 6. The van der Waals surface area contributed by atoms with E-state index in [1.807, 2.05) is 6.92 Å². The highest BCUT2D eigenvalue weighted by Crippen LogP contribution is 2.18. The molecule has 0 aromatic heterocycles. The maximum atomic E-state index is 12.3. The molecule has 1 aliphatic heterocycles. The number of amides is 2. The summed E-state index contributed by atoms with van der Waals surface area (Å²) in [5.41, 5.74) is 0.776. The fourth-order valence-electron chi connectivity index (χ4n) is 2.55. The first-order valence-corrected chi connectivity index (χ1v) is 8.29. The Morgan fingerprint density at radius 2 is 1.92 bits per heavy atom. The number of hydrogen-bond donors (Lipinski definition) is 2. The van der Waals surface area contributed by atoms with Crippen LogP contribution in [-0.4, -0.2) is 44.3 Å². The summed E-state index contributed by atoms with van der Waals surface area (Å²) >= 11 is 0. The van der Waals surface area contributed by atoms with E-state index in [2.05, 4.69) is 10.6 Å². The van der Waals surface area contributed by atoms with E-state index in [4.69, 9.17) is 14.2 Å². The molecule has 0 spiro atoms. The minimum atomic E-state index is -0.597. The topological polar surface area (TPSA) is 103 Å². The van der Waals surface area contributed by atoms with E-state index in [1.165, 1.54) is 7.11 Å². The van der Waals surface area contributed by atoms with Gasteiger partial charge in [0.05, 0.1) is 36.6 Å². The molecule has 1 aromatic carbocycles. The van der Waals surface area contributed by atoms with Crippen LogP contribution in [0.1, 0.15) is 30.6 Å². The lowest BCUT2D eigenvalue weighted by Crippen LogP contribution is -2.51. The molecule has 0 bridgehead atoms. The molecule has 0 saturated heterocycles. The van der Waals surface area contributed by atoms with Gasteiger partial charge in [0.2, 0.25) is 0 Å². The van der Waals surface area contributed by atoms with Gasteiger partial charge in [-0.3, -0.25) is 0 Å². The van der Waals surface area contributed by atoms with E-state index in [0.717, 1.165) is 0 Å². The molecule has 1 heterocycles. The van der Waals surface area contributed by atoms with Gasteiger partial charge in [0, 0.05) is 0 Å². The number of benzene rings is 1. The standard InChI is InChI=1S/C18H22N2O6/c1-4-13-15(17(22)25-5-2)14(20-18(23)19-13)10-26-16(21)11-7-6-8-12(9-11)24-3/h6-9,13H,4-5,10H2,1-3H3,(H2,19,20,23)/t13-/m1/s1. The van der Waals surface area contributed by atoms with Crippen LogP contribution in [0.3, 0.4) is 0 Å². The lowest BCUT2D eigenvalue weighted by atomic mass is 10.0. The molecule has 2 rings (SSSR count). The van der Waals surface area contributed by atoms with Crippen molar-refractivity contribution >= 4 is 18.0 Å². The van der Waals surface area contributed by atoms with Crippen LogP contribution in [-0.2, 0) is 14.3 Å². The maximum absolute atomic E-state index is 12.3. The predicted octanol–water partition coefficient (Wildman–Crippen LogP) is 1.76. The first-order chi connectivity index (χ1) is 12.5. The lowest BCUT2D eigenvalue weighted by Gasteiger charge is -2.28. The first kappa shape index (κ1) is 19.3. The SMILES string of the molecule is CCOC(=O)C1=C(COC(=O)c2cccc(OC)c2)NC(=O)N[C@@H]1CC. The monoisotopic (exact) mass is 362 g/mol. The molecule has 0 radical (unpaired) electrons. The van der Waals surface area contributed by atoms with E-state index in [-0.39, 0.29) is 24.5 Å². The van der Waals surface area contributed by atoms with Crippen LogP contribution >= 0.6 is 0 Å². The van der Waals surface area contributed by atoms with Crippen molar-refractivity contribution in [3.8, 4) is 5.75 Å². The molecule has 0 aliphatic carbocycles. The summed E-state index contributed by atoms with van der Waals surface area (Å²) in [6, 6.07) is 5.53. The van der Waals surface area contributed by atoms with Crippen LogP contribution in [0.5, 0.6) is 5.75 Å². The number of rotatable bonds is 7. The molecule has 8 nitrogen and oxygen atoms in total. The normalized spacial score (nSPS) is 16.4. The Morgan fingerprint density at radius 1 is 1.15 bits per heavy atom. The second-order valence-electron chi connectivity index (χ2n) is 5.48. The predicted molar refractivity (Wildman–Crippen MR) is 92.7 cm³/mol. The zero-order valence-corrected chi connectivity index (χ0v) is 15.0. The molecule has 1 atom stereocenters. The third kappa shape index (κ3) is 4.53. The Balaban J connectivity index is 2.20. The van der Waals surface area contributed by atoms with Crippen LogP contribution < -0.4 is 15.4 Å². The van der Waals surface area contributed by atoms with Crippen LogP contribution in [0.15, 0.2) is 35.5 Å². The van der Waals surface area contributed by atoms with Crippen LogP contribution in [0.2, 0.25) is 0 Å². The average molecular weight is 362 g/mol. The maximum Gasteiger partial charge on any atom is 0.338 e. The zero-order chi connectivity index (χ0) is 19.1. The quantitative estimate of drug-likeness (QED) is 0.717. The third-order valence-corrected chi connectivity index (χ3v) is 3.80. The molecule has 1 aromatic rings. The zero-order valence-electron chi connectivity index (χ0n) is 15.0. The third-order valence-electron chi connectivity index (χ3n) is 3.80. The Labute approximate surface area is 151 Å². The number of ether oxygens (including phenoxy) is 3. The van der Waals surface area contributed by atoms with E-state index in [1.54, 1.807) is 31.2 Å². The van der Waals surface area contributed by atoms with Gasteiger partial charge in [0.1, 0.15) is 12.4 Å². The second kappa shape index (κ2) is 8.89. The van der Waals surface area contributed by atoms with Crippen molar-refractivity contribution in [2.75, 3.05) is 20.3 Å². The summed E-state index contributed by atoms with van der Waals surface area (Å²) in [7, 11) is 1.50. The van der Waals surface area contributed by atoms with Gasteiger partial charge in [0.25, 0.3) is 0 Å². The molecule has 1 aliphatic rings. The van der Waals surface area contributed by atoms with E-state index >= 15 is 0 Å².